The smallest absolute Gasteiger partial charge is 0.334 e. The minimum Gasteiger partial charge on any atom is -0.464 e. The first-order chi connectivity index (χ1) is 12.0. The molecule has 2 heterocycles. The van der Waals surface area contributed by atoms with Crippen LogP contribution in [0.4, 0.5) is 0 Å². The summed E-state index contributed by atoms with van der Waals surface area (Å²) in [4.78, 5) is 49.6. The normalized spacial score (nSPS) is 17.1. The molecule has 0 aromatic rings. The first kappa shape index (κ1) is 19.0. The highest BCUT2D eigenvalue weighted by atomic mass is 16.5. The van der Waals surface area contributed by atoms with Crippen LogP contribution in [-0.4, -0.2) is 72.9 Å². The van der Waals surface area contributed by atoms with E-state index in [1.807, 2.05) is 0 Å². The van der Waals surface area contributed by atoms with Crippen LogP contribution in [0.25, 0.3) is 0 Å². The van der Waals surface area contributed by atoms with E-state index >= 15 is 0 Å². The van der Waals surface area contributed by atoms with E-state index in [1.54, 1.807) is 9.80 Å². The molecule has 2 fully saturated rings. The number of nitrogens with zero attached hydrogens (tertiary/aromatic N) is 2. The molecule has 2 amide bonds. The largest absolute Gasteiger partial charge is 0.464 e. The van der Waals surface area contributed by atoms with Crippen LogP contribution >= 0.6 is 0 Å². The Hall–Kier alpha value is -2.38. The van der Waals surface area contributed by atoms with Gasteiger partial charge in [-0.15, -0.1) is 0 Å². The third-order valence-corrected chi connectivity index (χ3v) is 4.21. The van der Waals surface area contributed by atoms with Gasteiger partial charge in [-0.1, -0.05) is 6.58 Å². The molecule has 2 aliphatic rings. The molecule has 2 rings (SSSR count). The van der Waals surface area contributed by atoms with Gasteiger partial charge in [0.25, 0.3) is 0 Å². The Morgan fingerprint density at radius 1 is 0.920 bits per heavy atom. The van der Waals surface area contributed by atoms with Crippen molar-refractivity contribution in [3.8, 4) is 0 Å². The van der Waals surface area contributed by atoms with E-state index in [9.17, 15) is 19.2 Å². The van der Waals surface area contributed by atoms with Gasteiger partial charge in [0.2, 0.25) is 11.8 Å². The molecule has 0 bridgehead atoms. The molecule has 8 nitrogen and oxygen atoms in total. The molecule has 0 radical (unpaired) electrons. The average molecular weight is 352 g/mol. The Kier molecular flexibility index (Phi) is 6.97. The van der Waals surface area contributed by atoms with Gasteiger partial charge in [0.05, 0.1) is 19.5 Å². The number of ether oxygens (including phenoxy) is 2. The van der Waals surface area contributed by atoms with E-state index < -0.39 is 11.9 Å². The number of rotatable bonds is 9. The number of carbonyl (C=O) groups excluding carboxylic acids is 4. The Balaban J connectivity index is 1.57. The van der Waals surface area contributed by atoms with Crippen LogP contribution in [0, 0.1) is 0 Å². The molecule has 0 aliphatic carbocycles. The van der Waals surface area contributed by atoms with Gasteiger partial charge in [0.1, 0.15) is 13.2 Å². The highest BCUT2D eigenvalue weighted by Gasteiger charge is 2.22. The van der Waals surface area contributed by atoms with E-state index in [4.69, 9.17) is 9.47 Å². The van der Waals surface area contributed by atoms with Crippen molar-refractivity contribution in [2.45, 2.75) is 32.1 Å². The highest BCUT2D eigenvalue weighted by molar-refractivity contribution is 5.93. The van der Waals surface area contributed by atoms with Crippen molar-refractivity contribution in [2.24, 2.45) is 0 Å². The SMILES string of the molecule is C=C(CC(=O)OCCN1CCCC1=O)C(=O)OCCN1CCCC1=O. The van der Waals surface area contributed by atoms with Gasteiger partial charge < -0.3 is 19.3 Å². The molecule has 25 heavy (non-hydrogen) atoms. The van der Waals surface area contributed by atoms with Gasteiger partial charge >= 0.3 is 11.9 Å². The molecule has 0 aromatic heterocycles. The highest BCUT2D eigenvalue weighted by Crippen LogP contribution is 2.10. The lowest BCUT2D eigenvalue weighted by molar-refractivity contribution is -0.147. The fraction of sp³-hybridized carbons (Fsp3) is 0.647. The molecule has 2 aliphatic heterocycles. The Bertz CT molecular complexity index is 559. The number of likely N-dealkylation sites (tertiary alicyclic amines) is 2. The minimum absolute atomic E-state index is 0.00926. The van der Waals surface area contributed by atoms with Crippen molar-refractivity contribution < 1.29 is 28.7 Å². The zero-order valence-corrected chi connectivity index (χ0v) is 14.3. The molecule has 0 saturated carbocycles. The molecule has 138 valence electrons. The molecule has 0 unspecified atom stereocenters. The second kappa shape index (κ2) is 9.19. The van der Waals surface area contributed by atoms with Crippen LogP contribution < -0.4 is 0 Å². The summed E-state index contributed by atoms with van der Waals surface area (Å²) in [6.07, 6.45) is 2.48. The van der Waals surface area contributed by atoms with Crippen LogP contribution in [0.5, 0.6) is 0 Å². The predicted octanol–water partition coefficient (Wildman–Crippen LogP) is 0.264. The quantitative estimate of drug-likeness (QED) is 0.437. The maximum atomic E-state index is 11.8. The number of carbonyl (C=O) groups is 4. The Labute approximate surface area is 146 Å². The summed E-state index contributed by atoms with van der Waals surface area (Å²) < 4.78 is 10.0. The van der Waals surface area contributed by atoms with E-state index in [0.717, 1.165) is 12.8 Å². The zero-order chi connectivity index (χ0) is 18.2. The van der Waals surface area contributed by atoms with Crippen molar-refractivity contribution in [1.82, 2.24) is 9.80 Å². The number of hydrogen-bond acceptors (Lipinski definition) is 6. The Morgan fingerprint density at radius 2 is 1.44 bits per heavy atom. The summed E-state index contributed by atoms with van der Waals surface area (Å²) in [6.45, 7) is 5.81. The molecule has 0 atom stereocenters. The standard InChI is InChI=1S/C17H24N2O6/c1-13(17(23)25-11-9-19-7-3-5-15(19)21)12-16(22)24-10-8-18-6-2-4-14(18)20/h1-12H2. The molecular formula is C17H24N2O6. The number of amides is 2. The molecule has 0 aromatic carbocycles. The summed E-state index contributed by atoms with van der Waals surface area (Å²) in [5, 5.41) is 0. The third kappa shape index (κ3) is 5.88. The molecular weight excluding hydrogens is 328 g/mol. The summed E-state index contributed by atoms with van der Waals surface area (Å²) in [6, 6.07) is 0. The summed E-state index contributed by atoms with van der Waals surface area (Å²) in [5.74, 6) is -1.11. The first-order valence-electron chi connectivity index (χ1n) is 8.53. The fourth-order valence-corrected chi connectivity index (χ4v) is 2.80. The minimum atomic E-state index is -0.668. The molecule has 0 N–H and O–H groups in total. The lowest BCUT2D eigenvalue weighted by Crippen LogP contribution is -2.30. The van der Waals surface area contributed by atoms with Crippen molar-refractivity contribution in [1.29, 1.82) is 0 Å². The van der Waals surface area contributed by atoms with E-state index in [-0.39, 0.29) is 37.0 Å². The van der Waals surface area contributed by atoms with Crippen LogP contribution in [0.3, 0.4) is 0 Å². The van der Waals surface area contributed by atoms with Crippen molar-refractivity contribution in [3.63, 3.8) is 0 Å². The van der Waals surface area contributed by atoms with Gasteiger partial charge in [-0.05, 0) is 12.8 Å². The third-order valence-electron chi connectivity index (χ3n) is 4.21. The first-order valence-corrected chi connectivity index (χ1v) is 8.53. The maximum Gasteiger partial charge on any atom is 0.334 e. The second-order valence-corrected chi connectivity index (χ2v) is 6.11. The topological polar surface area (TPSA) is 93.2 Å². The van der Waals surface area contributed by atoms with Crippen LogP contribution in [0.2, 0.25) is 0 Å². The van der Waals surface area contributed by atoms with Crippen molar-refractivity contribution in [3.05, 3.63) is 12.2 Å². The lowest BCUT2D eigenvalue weighted by Gasteiger charge is -2.16. The van der Waals surface area contributed by atoms with Gasteiger partial charge in [0.15, 0.2) is 0 Å². The van der Waals surface area contributed by atoms with Gasteiger partial charge in [0, 0.05) is 31.5 Å². The van der Waals surface area contributed by atoms with Crippen molar-refractivity contribution in [2.75, 3.05) is 39.4 Å². The number of esters is 2. The fourth-order valence-electron chi connectivity index (χ4n) is 2.80. The summed E-state index contributed by atoms with van der Waals surface area (Å²) >= 11 is 0. The second-order valence-electron chi connectivity index (χ2n) is 6.11. The van der Waals surface area contributed by atoms with Gasteiger partial charge in [-0.2, -0.15) is 0 Å². The van der Waals surface area contributed by atoms with Gasteiger partial charge in [-0.25, -0.2) is 4.79 Å². The average Bonchev–Trinajstić information content (AvgIpc) is 3.16. The van der Waals surface area contributed by atoms with Crippen LogP contribution in [0.15, 0.2) is 12.2 Å². The maximum absolute atomic E-state index is 11.8. The predicted molar refractivity (Wildman–Crippen MR) is 87.3 cm³/mol. The zero-order valence-electron chi connectivity index (χ0n) is 14.3. The summed E-state index contributed by atoms with van der Waals surface area (Å²) in [7, 11) is 0. The van der Waals surface area contributed by atoms with E-state index in [2.05, 4.69) is 6.58 Å². The monoisotopic (exact) mass is 352 g/mol. The summed E-state index contributed by atoms with van der Waals surface area (Å²) in [5.41, 5.74) is 0.00926. The van der Waals surface area contributed by atoms with E-state index in [0.29, 0.717) is 39.0 Å². The van der Waals surface area contributed by atoms with Gasteiger partial charge in [-0.3, -0.25) is 14.4 Å². The van der Waals surface area contributed by atoms with Crippen LogP contribution in [-0.2, 0) is 28.7 Å². The number of hydrogen-bond donors (Lipinski definition) is 0. The lowest BCUT2D eigenvalue weighted by atomic mass is 10.2. The van der Waals surface area contributed by atoms with Crippen molar-refractivity contribution >= 4 is 23.8 Å². The van der Waals surface area contributed by atoms with Crippen LogP contribution in [0.1, 0.15) is 32.1 Å². The molecule has 8 heteroatoms. The Morgan fingerprint density at radius 3 is 1.92 bits per heavy atom. The molecule has 0 spiro atoms. The molecule has 2 saturated heterocycles. The van der Waals surface area contributed by atoms with E-state index in [1.165, 1.54) is 0 Å².